The minimum absolute atomic E-state index is 0.154. The zero-order valence-corrected chi connectivity index (χ0v) is 12.1. The Morgan fingerprint density at radius 1 is 1.16 bits per heavy atom. The van der Waals surface area contributed by atoms with Crippen molar-refractivity contribution in [2.24, 2.45) is 5.92 Å². The Balaban J connectivity index is 2.87. The van der Waals surface area contributed by atoms with Crippen molar-refractivity contribution in [3.05, 3.63) is 0 Å². The van der Waals surface area contributed by atoms with Gasteiger partial charge in [0.2, 0.25) is 0 Å². The van der Waals surface area contributed by atoms with E-state index < -0.39 is 17.5 Å². The predicted molar refractivity (Wildman–Crippen MR) is 69.8 cm³/mol. The maximum Gasteiger partial charge on any atom is 0.316 e. The van der Waals surface area contributed by atoms with Gasteiger partial charge in [-0.1, -0.05) is 6.92 Å². The molecule has 1 aliphatic rings. The fourth-order valence-electron chi connectivity index (χ4n) is 2.46. The van der Waals surface area contributed by atoms with Gasteiger partial charge in [0.15, 0.2) is 5.78 Å². The lowest BCUT2D eigenvalue weighted by atomic mass is 9.81. The third-order valence-corrected chi connectivity index (χ3v) is 3.47. The summed E-state index contributed by atoms with van der Waals surface area (Å²) in [6, 6.07) is 0. The van der Waals surface area contributed by atoms with Gasteiger partial charge < -0.3 is 14.2 Å². The molecule has 5 nitrogen and oxygen atoms in total. The first-order valence-corrected chi connectivity index (χ1v) is 7.04. The van der Waals surface area contributed by atoms with E-state index in [9.17, 15) is 9.59 Å². The number of ether oxygens (including phenoxy) is 3. The van der Waals surface area contributed by atoms with Gasteiger partial charge in [-0.15, -0.1) is 0 Å². The Bertz CT molecular complexity index is 301. The number of carbonyl (C=O) groups is 2. The van der Waals surface area contributed by atoms with E-state index in [4.69, 9.17) is 14.2 Å². The molecule has 1 unspecified atom stereocenters. The Morgan fingerprint density at radius 2 is 1.79 bits per heavy atom. The van der Waals surface area contributed by atoms with E-state index in [-0.39, 0.29) is 12.4 Å². The maximum atomic E-state index is 12.7. The molecule has 0 saturated carbocycles. The first-order valence-electron chi connectivity index (χ1n) is 7.04. The van der Waals surface area contributed by atoms with Crippen LogP contribution in [0.3, 0.4) is 0 Å². The van der Waals surface area contributed by atoms with Crippen molar-refractivity contribution in [2.45, 2.75) is 45.6 Å². The minimum atomic E-state index is -0.875. The molecule has 0 radical (unpaired) electrons. The number of hydrogen-bond donors (Lipinski definition) is 0. The summed E-state index contributed by atoms with van der Waals surface area (Å²) in [6.45, 7) is 7.13. The first-order chi connectivity index (χ1) is 9.11. The van der Waals surface area contributed by atoms with E-state index in [1.807, 2.05) is 13.8 Å². The lowest BCUT2D eigenvalue weighted by Crippen LogP contribution is -2.51. The van der Waals surface area contributed by atoms with Crippen LogP contribution in [0.15, 0.2) is 0 Å². The van der Waals surface area contributed by atoms with Gasteiger partial charge in [-0.3, -0.25) is 9.59 Å². The quantitative estimate of drug-likeness (QED) is 0.522. The molecule has 1 atom stereocenters. The summed E-state index contributed by atoms with van der Waals surface area (Å²) in [7, 11) is 0. The average molecular weight is 272 g/mol. The van der Waals surface area contributed by atoms with Crippen LogP contribution in [0.5, 0.6) is 0 Å². The number of ketones is 1. The number of Topliss-reactive ketones (excluding diaryl/α,β-unsaturated/α-hetero) is 1. The van der Waals surface area contributed by atoms with Crippen molar-refractivity contribution >= 4 is 11.8 Å². The highest BCUT2D eigenvalue weighted by molar-refractivity contribution is 6.03. The average Bonchev–Trinajstić information content (AvgIpc) is 2.41. The molecule has 5 heteroatoms. The van der Waals surface area contributed by atoms with Crippen molar-refractivity contribution < 1.29 is 23.8 Å². The predicted octanol–water partition coefficient (Wildman–Crippen LogP) is 1.73. The van der Waals surface area contributed by atoms with E-state index >= 15 is 0 Å². The number of esters is 1. The number of carbonyl (C=O) groups excluding carboxylic acids is 2. The van der Waals surface area contributed by atoms with E-state index in [1.165, 1.54) is 0 Å². The fraction of sp³-hybridized carbons (Fsp3) is 0.857. The van der Waals surface area contributed by atoms with Gasteiger partial charge in [0.05, 0.1) is 6.61 Å². The summed E-state index contributed by atoms with van der Waals surface area (Å²) < 4.78 is 16.0. The van der Waals surface area contributed by atoms with Gasteiger partial charge in [0.1, 0.15) is 11.5 Å². The van der Waals surface area contributed by atoms with Crippen molar-refractivity contribution in [3.63, 3.8) is 0 Å². The highest BCUT2D eigenvalue weighted by Crippen LogP contribution is 2.30. The van der Waals surface area contributed by atoms with Gasteiger partial charge in [-0.05, 0) is 20.3 Å². The van der Waals surface area contributed by atoms with Gasteiger partial charge in [0.25, 0.3) is 0 Å². The van der Waals surface area contributed by atoms with E-state index in [0.717, 1.165) is 0 Å². The van der Waals surface area contributed by atoms with Crippen molar-refractivity contribution in [1.82, 2.24) is 0 Å². The summed E-state index contributed by atoms with van der Waals surface area (Å²) in [4.78, 5) is 24.6. The molecule has 0 aromatic rings. The molecule has 0 spiro atoms. The topological polar surface area (TPSA) is 61.8 Å². The van der Waals surface area contributed by atoms with Crippen LogP contribution < -0.4 is 0 Å². The van der Waals surface area contributed by atoms with Gasteiger partial charge in [0, 0.05) is 32.7 Å². The highest BCUT2D eigenvalue weighted by atomic mass is 16.5. The molecule has 0 N–H and O–H groups in total. The summed E-state index contributed by atoms with van der Waals surface area (Å²) in [6.07, 6.45) is 1.46. The van der Waals surface area contributed by atoms with Gasteiger partial charge in [-0.2, -0.15) is 0 Å². The Morgan fingerprint density at radius 3 is 2.26 bits per heavy atom. The Kier molecular flexibility index (Phi) is 6.45. The molecule has 0 bridgehead atoms. The SMILES string of the molecule is CCOC(=O)C(CC)C(=O)C1(OCC)CCOCC1. The molecule has 0 amide bonds. The summed E-state index contributed by atoms with van der Waals surface area (Å²) in [5, 5.41) is 0. The summed E-state index contributed by atoms with van der Waals surface area (Å²) >= 11 is 0. The molecule has 1 rings (SSSR count). The normalized spacial score (nSPS) is 19.7. The number of hydrogen-bond acceptors (Lipinski definition) is 5. The van der Waals surface area contributed by atoms with E-state index in [1.54, 1.807) is 6.92 Å². The van der Waals surface area contributed by atoms with Crippen molar-refractivity contribution in [1.29, 1.82) is 0 Å². The zero-order valence-electron chi connectivity index (χ0n) is 12.1. The fourth-order valence-corrected chi connectivity index (χ4v) is 2.46. The molecule has 1 saturated heterocycles. The second kappa shape index (κ2) is 7.60. The lowest BCUT2D eigenvalue weighted by Gasteiger charge is -2.37. The van der Waals surface area contributed by atoms with Gasteiger partial charge in [-0.25, -0.2) is 0 Å². The standard InChI is InChI=1S/C14H24O5/c1-4-11(13(16)18-5-2)12(15)14(19-6-3)7-9-17-10-8-14/h11H,4-10H2,1-3H3. The lowest BCUT2D eigenvalue weighted by molar-refractivity contribution is -0.169. The van der Waals surface area contributed by atoms with Crippen LogP contribution in [0.1, 0.15) is 40.0 Å². The molecule has 1 aliphatic heterocycles. The molecule has 1 fully saturated rings. The summed E-state index contributed by atoms with van der Waals surface area (Å²) in [5.41, 5.74) is -0.875. The van der Waals surface area contributed by atoms with Crippen molar-refractivity contribution in [3.8, 4) is 0 Å². The molecular weight excluding hydrogens is 248 g/mol. The van der Waals surface area contributed by atoms with Crippen LogP contribution in [-0.2, 0) is 23.8 Å². The smallest absolute Gasteiger partial charge is 0.316 e. The molecule has 19 heavy (non-hydrogen) atoms. The second-order valence-electron chi connectivity index (χ2n) is 4.62. The Labute approximate surface area is 114 Å². The van der Waals surface area contributed by atoms with Crippen LogP contribution in [0, 0.1) is 5.92 Å². The van der Waals surface area contributed by atoms with Crippen LogP contribution in [0.25, 0.3) is 0 Å². The largest absolute Gasteiger partial charge is 0.465 e. The third-order valence-electron chi connectivity index (χ3n) is 3.47. The van der Waals surface area contributed by atoms with Crippen molar-refractivity contribution in [2.75, 3.05) is 26.4 Å². The summed E-state index contributed by atoms with van der Waals surface area (Å²) in [5.74, 6) is -1.33. The molecule has 0 aromatic carbocycles. The van der Waals surface area contributed by atoms with Crippen LogP contribution >= 0.6 is 0 Å². The van der Waals surface area contributed by atoms with E-state index in [0.29, 0.717) is 39.1 Å². The number of rotatable bonds is 7. The minimum Gasteiger partial charge on any atom is -0.465 e. The molecule has 1 heterocycles. The maximum absolute atomic E-state index is 12.7. The Hall–Kier alpha value is -0.940. The molecule has 0 aromatic heterocycles. The monoisotopic (exact) mass is 272 g/mol. The first kappa shape index (κ1) is 16.1. The highest BCUT2D eigenvalue weighted by Gasteiger charge is 2.46. The second-order valence-corrected chi connectivity index (χ2v) is 4.62. The van der Waals surface area contributed by atoms with Crippen LogP contribution in [-0.4, -0.2) is 43.8 Å². The zero-order chi connectivity index (χ0) is 14.3. The van der Waals surface area contributed by atoms with Gasteiger partial charge >= 0.3 is 5.97 Å². The third kappa shape index (κ3) is 3.76. The van der Waals surface area contributed by atoms with E-state index in [2.05, 4.69) is 0 Å². The molecular formula is C14H24O5. The van der Waals surface area contributed by atoms with Crippen LogP contribution in [0.2, 0.25) is 0 Å². The van der Waals surface area contributed by atoms with Crippen LogP contribution in [0.4, 0.5) is 0 Å². The molecule has 110 valence electrons. The molecule has 0 aliphatic carbocycles.